The largest absolute Gasteiger partial charge is 0.380 e. The number of rotatable bonds is 4. The lowest BCUT2D eigenvalue weighted by molar-refractivity contribution is 0.0717. The lowest BCUT2D eigenvalue weighted by atomic mass is 9.79. The van der Waals surface area contributed by atoms with Crippen molar-refractivity contribution >= 4 is 0 Å². The fourth-order valence-corrected chi connectivity index (χ4v) is 2.70. The molecule has 0 atom stereocenters. The number of hydrogen-bond donors (Lipinski definition) is 2. The summed E-state index contributed by atoms with van der Waals surface area (Å²) in [6.45, 7) is 3.76. The Morgan fingerprint density at radius 1 is 0.952 bits per heavy atom. The number of aryl methyl sites for hydroxylation is 2. The fraction of sp³-hybridized carbons (Fsp3) is 0.294. The van der Waals surface area contributed by atoms with E-state index >= 15 is 0 Å². The summed E-state index contributed by atoms with van der Waals surface area (Å²) >= 11 is 0. The van der Waals surface area contributed by atoms with Gasteiger partial charge in [0, 0.05) is 0 Å². The molecule has 3 N–H and O–H groups in total. The summed E-state index contributed by atoms with van der Waals surface area (Å²) < 4.78 is 27.2. The first-order chi connectivity index (χ1) is 9.88. The standard InChI is InChI=1S/C17H19F2NO/c1-11-3-5-13(18)9-15(11)17(21,7-8-20)16-10-14(19)6-4-12(16)2/h3-6,9-10,21H,7-8,20H2,1-2H3. The van der Waals surface area contributed by atoms with Gasteiger partial charge in [-0.25, -0.2) is 8.78 Å². The SMILES string of the molecule is Cc1ccc(F)cc1C(O)(CCN)c1cc(F)ccc1C. The first-order valence-corrected chi connectivity index (χ1v) is 6.84. The maximum absolute atomic E-state index is 13.6. The van der Waals surface area contributed by atoms with Crippen molar-refractivity contribution in [3.8, 4) is 0 Å². The Labute approximate surface area is 123 Å². The van der Waals surface area contributed by atoms with Crippen LogP contribution in [0.25, 0.3) is 0 Å². The zero-order valence-electron chi connectivity index (χ0n) is 12.2. The molecule has 0 amide bonds. The van der Waals surface area contributed by atoms with Crippen LogP contribution in [-0.2, 0) is 5.60 Å². The lowest BCUT2D eigenvalue weighted by Crippen LogP contribution is -2.32. The molecule has 0 aromatic heterocycles. The van der Waals surface area contributed by atoms with Crippen molar-refractivity contribution in [2.75, 3.05) is 6.54 Å². The smallest absolute Gasteiger partial charge is 0.123 e. The van der Waals surface area contributed by atoms with Crippen LogP contribution in [0.4, 0.5) is 8.78 Å². The molecule has 21 heavy (non-hydrogen) atoms. The van der Waals surface area contributed by atoms with Gasteiger partial charge < -0.3 is 10.8 Å². The van der Waals surface area contributed by atoms with Crippen LogP contribution >= 0.6 is 0 Å². The number of hydrogen-bond acceptors (Lipinski definition) is 2. The Kier molecular flexibility index (Phi) is 4.40. The number of halogens is 2. The third-order valence-corrected chi connectivity index (χ3v) is 3.80. The zero-order valence-corrected chi connectivity index (χ0v) is 12.2. The van der Waals surface area contributed by atoms with Crippen LogP contribution in [0.15, 0.2) is 36.4 Å². The fourth-order valence-electron chi connectivity index (χ4n) is 2.70. The van der Waals surface area contributed by atoms with Gasteiger partial charge in [-0.05, 0) is 73.3 Å². The molecule has 2 rings (SSSR count). The predicted molar refractivity (Wildman–Crippen MR) is 78.9 cm³/mol. The highest BCUT2D eigenvalue weighted by Crippen LogP contribution is 2.37. The Morgan fingerprint density at radius 3 is 1.76 bits per heavy atom. The summed E-state index contributed by atoms with van der Waals surface area (Å²) in [7, 11) is 0. The highest BCUT2D eigenvalue weighted by molar-refractivity contribution is 5.44. The van der Waals surface area contributed by atoms with Crippen LogP contribution in [-0.4, -0.2) is 11.7 Å². The molecule has 0 fully saturated rings. The average molecular weight is 291 g/mol. The molecule has 0 spiro atoms. The van der Waals surface area contributed by atoms with Crippen LogP contribution in [0.1, 0.15) is 28.7 Å². The van der Waals surface area contributed by atoms with Crippen LogP contribution in [0.5, 0.6) is 0 Å². The summed E-state index contributed by atoms with van der Waals surface area (Å²) in [4.78, 5) is 0. The monoisotopic (exact) mass is 291 g/mol. The van der Waals surface area contributed by atoms with E-state index in [2.05, 4.69) is 0 Å². The van der Waals surface area contributed by atoms with E-state index < -0.39 is 17.2 Å². The minimum atomic E-state index is -1.51. The first-order valence-electron chi connectivity index (χ1n) is 6.84. The predicted octanol–water partition coefficient (Wildman–Crippen LogP) is 3.17. The van der Waals surface area contributed by atoms with E-state index in [4.69, 9.17) is 5.73 Å². The van der Waals surface area contributed by atoms with Gasteiger partial charge in [-0.15, -0.1) is 0 Å². The highest BCUT2D eigenvalue weighted by atomic mass is 19.1. The molecular weight excluding hydrogens is 272 g/mol. The van der Waals surface area contributed by atoms with E-state index in [1.54, 1.807) is 26.0 Å². The Balaban J connectivity index is 2.70. The molecule has 0 saturated heterocycles. The number of nitrogens with two attached hydrogens (primary N) is 1. The quantitative estimate of drug-likeness (QED) is 0.909. The third-order valence-electron chi connectivity index (χ3n) is 3.80. The first kappa shape index (κ1) is 15.6. The van der Waals surface area contributed by atoms with E-state index in [0.29, 0.717) is 11.1 Å². The summed E-state index contributed by atoms with van der Waals surface area (Å²) in [6.07, 6.45) is 0.182. The second kappa shape index (κ2) is 5.92. The third kappa shape index (κ3) is 2.96. The van der Waals surface area contributed by atoms with Gasteiger partial charge in [0.15, 0.2) is 0 Å². The van der Waals surface area contributed by atoms with Crippen molar-refractivity contribution in [1.29, 1.82) is 0 Å². The molecule has 0 heterocycles. The van der Waals surface area contributed by atoms with Gasteiger partial charge in [0.1, 0.15) is 17.2 Å². The summed E-state index contributed by atoms with van der Waals surface area (Å²) in [5.74, 6) is -0.889. The molecule has 0 aliphatic rings. The molecule has 2 aromatic carbocycles. The second-order valence-electron chi connectivity index (χ2n) is 5.32. The minimum absolute atomic E-state index is 0.182. The van der Waals surface area contributed by atoms with E-state index in [0.717, 1.165) is 11.1 Å². The molecule has 2 aromatic rings. The Morgan fingerprint density at radius 2 is 1.38 bits per heavy atom. The van der Waals surface area contributed by atoms with Crippen LogP contribution in [0.3, 0.4) is 0 Å². The van der Waals surface area contributed by atoms with Crippen molar-refractivity contribution in [2.24, 2.45) is 5.73 Å². The molecule has 0 bridgehead atoms. The normalized spacial score (nSPS) is 11.7. The van der Waals surface area contributed by atoms with Crippen LogP contribution in [0.2, 0.25) is 0 Å². The molecule has 4 heteroatoms. The van der Waals surface area contributed by atoms with Gasteiger partial charge >= 0.3 is 0 Å². The maximum atomic E-state index is 13.6. The van der Waals surface area contributed by atoms with E-state index in [1.165, 1.54) is 24.3 Å². The zero-order chi connectivity index (χ0) is 15.6. The van der Waals surface area contributed by atoms with Gasteiger partial charge in [-0.1, -0.05) is 12.1 Å². The van der Waals surface area contributed by atoms with Crippen molar-refractivity contribution < 1.29 is 13.9 Å². The Hall–Kier alpha value is -1.78. The van der Waals surface area contributed by atoms with Crippen molar-refractivity contribution in [1.82, 2.24) is 0 Å². The lowest BCUT2D eigenvalue weighted by Gasteiger charge is -2.32. The minimum Gasteiger partial charge on any atom is -0.380 e. The molecular formula is C17H19F2NO. The van der Waals surface area contributed by atoms with Crippen molar-refractivity contribution in [2.45, 2.75) is 25.9 Å². The Bertz CT molecular complexity index is 604. The summed E-state index contributed by atoms with van der Waals surface area (Å²) in [5.41, 5.74) is 6.41. The van der Waals surface area contributed by atoms with E-state index in [-0.39, 0.29) is 13.0 Å². The summed E-state index contributed by atoms with van der Waals surface area (Å²) in [5, 5.41) is 11.2. The highest BCUT2D eigenvalue weighted by Gasteiger charge is 2.34. The summed E-state index contributed by atoms with van der Waals surface area (Å²) in [6, 6.07) is 8.44. The van der Waals surface area contributed by atoms with Gasteiger partial charge in [-0.3, -0.25) is 0 Å². The molecule has 0 saturated carbocycles. The maximum Gasteiger partial charge on any atom is 0.123 e. The van der Waals surface area contributed by atoms with Crippen LogP contribution in [0, 0.1) is 25.5 Å². The van der Waals surface area contributed by atoms with Gasteiger partial charge in [-0.2, -0.15) is 0 Å². The number of aliphatic hydroxyl groups is 1. The van der Waals surface area contributed by atoms with Gasteiger partial charge in [0.25, 0.3) is 0 Å². The van der Waals surface area contributed by atoms with E-state index in [9.17, 15) is 13.9 Å². The average Bonchev–Trinajstić information content (AvgIpc) is 2.44. The molecule has 0 unspecified atom stereocenters. The van der Waals surface area contributed by atoms with Gasteiger partial charge in [0.2, 0.25) is 0 Å². The molecule has 112 valence electrons. The van der Waals surface area contributed by atoms with Crippen molar-refractivity contribution in [3.63, 3.8) is 0 Å². The van der Waals surface area contributed by atoms with E-state index in [1.807, 2.05) is 0 Å². The topological polar surface area (TPSA) is 46.2 Å². The van der Waals surface area contributed by atoms with Crippen molar-refractivity contribution in [3.05, 3.63) is 70.3 Å². The van der Waals surface area contributed by atoms with Gasteiger partial charge in [0.05, 0.1) is 0 Å². The molecule has 0 aliphatic carbocycles. The molecule has 0 radical (unpaired) electrons. The molecule has 0 aliphatic heterocycles. The van der Waals surface area contributed by atoms with Crippen LogP contribution < -0.4 is 5.73 Å². The second-order valence-corrected chi connectivity index (χ2v) is 5.32. The number of benzene rings is 2. The molecule has 2 nitrogen and oxygen atoms in total.